The fourth-order valence-corrected chi connectivity index (χ4v) is 4.86. The van der Waals surface area contributed by atoms with Crippen molar-refractivity contribution in [2.24, 2.45) is 22.7 Å². The number of piperidine rings is 1. The second-order valence-electron chi connectivity index (χ2n) is 8.97. The summed E-state index contributed by atoms with van der Waals surface area (Å²) in [4.78, 5) is 23.8. The normalized spacial score (nSPS) is 25.2. The number of guanidine groups is 1. The van der Waals surface area contributed by atoms with Crippen LogP contribution in [0.5, 0.6) is 0 Å². The van der Waals surface area contributed by atoms with Gasteiger partial charge in [-0.2, -0.15) is 0 Å². The van der Waals surface area contributed by atoms with Gasteiger partial charge in [-0.15, -0.1) is 0 Å². The predicted octanol–water partition coefficient (Wildman–Crippen LogP) is 1.63. The molecule has 4 aliphatic rings. The van der Waals surface area contributed by atoms with E-state index in [2.05, 4.69) is 25.0 Å². The highest BCUT2D eigenvalue weighted by Crippen LogP contribution is 2.48. The minimum absolute atomic E-state index is 0.322. The number of nitrogens with zero attached hydrogens (tertiary/aromatic N) is 4. The van der Waals surface area contributed by atoms with Gasteiger partial charge >= 0.3 is 0 Å². The first-order valence-corrected chi connectivity index (χ1v) is 11.2. The third-order valence-corrected chi connectivity index (χ3v) is 6.90. The van der Waals surface area contributed by atoms with Gasteiger partial charge in [-0.3, -0.25) is 14.7 Å². The molecule has 0 bridgehead atoms. The molecule has 6 heteroatoms. The zero-order valence-electron chi connectivity index (χ0n) is 17.0. The lowest BCUT2D eigenvalue weighted by atomic mass is 9.98. The molecule has 2 aliphatic carbocycles. The van der Waals surface area contributed by atoms with Crippen molar-refractivity contribution in [3.8, 4) is 0 Å². The Hall–Kier alpha value is -1.30. The first-order valence-electron chi connectivity index (χ1n) is 11.2. The Morgan fingerprint density at radius 3 is 2.11 bits per heavy atom. The van der Waals surface area contributed by atoms with Gasteiger partial charge in [-0.25, -0.2) is 0 Å². The molecule has 2 heterocycles. The standard InChI is InChI=1S/C21H37N5O/c1-22-21(23-15-19(17-5-6-17)18-7-8-18)26-13-11-24(12-14-26)16-20(27)25-9-3-2-4-10-25/h17-19H,2-16H2,1H3,(H,22,23). The summed E-state index contributed by atoms with van der Waals surface area (Å²) < 4.78 is 0. The van der Waals surface area contributed by atoms with Crippen LogP contribution in [-0.2, 0) is 4.79 Å². The minimum atomic E-state index is 0.322. The number of carbonyl (C=O) groups excluding carboxylic acids is 1. The molecule has 2 saturated carbocycles. The van der Waals surface area contributed by atoms with Crippen LogP contribution in [0.1, 0.15) is 44.9 Å². The number of hydrogen-bond acceptors (Lipinski definition) is 3. The molecule has 4 fully saturated rings. The summed E-state index contributed by atoms with van der Waals surface area (Å²) >= 11 is 0. The van der Waals surface area contributed by atoms with Gasteiger partial charge in [0.1, 0.15) is 0 Å². The Morgan fingerprint density at radius 1 is 0.926 bits per heavy atom. The number of aliphatic imine (C=N–C) groups is 1. The maximum atomic E-state index is 12.5. The van der Waals surface area contributed by atoms with E-state index in [9.17, 15) is 4.79 Å². The first kappa shape index (κ1) is 19.0. The van der Waals surface area contributed by atoms with Crippen molar-refractivity contribution in [2.75, 3.05) is 59.4 Å². The topological polar surface area (TPSA) is 51.2 Å². The highest BCUT2D eigenvalue weighted by Gasteiger charge is 2.41. The highest BCUT2D eigenvalue weighted by molar-refractivity contribution is 5.80. The summed E-state index contributed by atoms with van der Waals surface area (Å²) in [6, 6.07) is 0. The van der Waals surface area contributed by atoms with Crippen LogP contribution in [0, 0.1) is 17.8 Å². The molecule has 1 N–H and O–H groups in total. The summed E-state index contributed by atoms with van der Waals surface area (Å²) in [5.41, 5.74) is 0. The van der Waals surface area contributed by atoms with Gasteiger partial charge < -0.3 is 15.1 Å². The van der Waals surface area contributed by atoms with Crippen LogP contribution in [-0.4, -0.2) is 86.0 Å². The van der Waals surface area contributed by atoms with Crippen LogP contribution in [0.25, 0.3) is 0 Å². The largest absolute Gasteiger partial charge is 0.356 e. The Kier molecular flexibility index (Phi) is 6.21. The molecule has 152 valence electrons. The van der Waals surface area contributed by atoms with Crippen molar-refractivity contribution in [1.82, 2.24) is 20.0 Å². The van der Waals surface area contributed by atoms with Crippen molar-refractivity contribution in [3.63, 3.8) is 0 Å². The molecular formula is C21H37N5O. The van der Waals surface area contributed by atoms with E-state index >= 15 is 0 Å². The lowest BCUT2D eigenvalue weighted by molar-refractivity contribution is -0.133. The van der Waals surface area contributed by atoms with E-state index in [0.717, 1.165) is 69.5 Å². The molecular weight excluding hydrogens is 338 g/mol. The van der Waals surface area contributed by atoms with Crippen molar-refractivity contribution >= 4 is 11.9 Å². The number of piperazine rings is 1. The maximum absolute atomic E-state index is 12.5. The van der Waals surface area contributed by atoms with Crippen molar-refractivity contribution in [1.29, 1.82) is 0 Å². The Balaban J connectivity index is 1.19. The number of carbonyl (C=O) groups is 1. The predicted molar refractivity (Wildman–Crippen MR) is 109 cm³/mol. The van der Waals surface area contributed by atoms with Crippen LogP contribution in [0.4, 0.5) is 0 Å². The van der Waals surface area contributed by atoms with Gasteiger partial charge in [0.2, 0.25) is 5.91 Å². The number of likely N-dealkylation sites (tertiary alicyclic amines) is 1. The SMILES string of the molecule is CN=C(NCC(C1CC1)C1CC1)N1CCN(CC(=O)N2CCCCC2)CC1. The number of amides is 1. The Morgan fingerprint density at radius 2 is 1.56 bits per heavy atom. The molecule has 0 aromatic rings. The number of nitrogens with one attached hydrogen (secondary N) is 1. The van der Waals surface area contributed by atoms with Gasteiger partial charge in [0.15, 0.2) is 5.96 Å². The van der Waals surface area contributed by atoms with E-state index in [4.69, 9.17) is 0 Å². The van der Waals surface area contributed by atoms with Crippen molar-refractivity contribution < 1.29 is 4.79 Å². The lowest BCUT2D eigenvalue weighted by Gasteiger charge is -2.37. The van der Waals surface area contributed by atoms with E-state index in [1.807, 2.05) is 7.05 Å². The first-order chi connectivity index (χ1) is 13.2. The summed E-state index contributed by atoms with van der Waals surface area (Å²) in [5.74, 6) is 4.19. The van der Waals surface area contributed by atoms with Gasteiger partial charge in [0.05, 0.1) is 6.54 Å². The monoisotopic (exact) mass is 375 g/mol. The van der Waals surface area contributed by atoms with Crippen LogP contribution in [0.15, 0.2) is 4.99 Å². The number of rotatable bonds is 6. The maximum Gasteiger partial charge on any atom is 0.236 e. The average molecular weight is 376 g/mol. The van der Waals surface area contributed by atoms with E-state index in [0.29, 0.717) is 12.5 Å². The second-order valence-corrected chi connectivity index (χ2v) is 8.97. The zero-order chi connectivity index (χ0) is 18.6. The molecule has 6 nitrogen and oxygen atoms in total. The lowest BCUT2D eigenvalue weighted by Crippen LogP contribution is -2.55. The zero-order valence-corrected chi connectivity index (χ0v) is 17.0. The van der Waals surface area contributed by atoms with Gasteiger partial charge in [0.25, 0.3) is 0 Å². The summed E-state index contributed by atoms with van der Waals surface area (Å²) in [5, 5.41) is 3.67. The summed E-state index contributed by atoms with van der Waals surface area (Å²) in [6.07, 6.45) is 9.36. The molecule has 0 radical (unpaired) electrons. The second kappa shape index (κ2) is 8.80. The molecule has 2 saturated heterocycles. The molecule has 27 heavy (non-hydrogen) atoms. The van der Waals surface area contributed by atoms with Crippen LogP contribution < -0.4 is 5.32 Å². The Labute approximate surface area is 164 Å². The third-order valence-electron chi connectivity index (χ3n) is 6.90. The molecule has 2 aliphatic heterocycles. The average Bonchev–Trinajstić information content (AvgIpc) is 3.61. The fourth-order valence-electron chi connectivity index (χ4n) is 4.86. The fraction of sp³-hybridized carbons (Fsp3) is 0.905. The van der Waals surface area contributed by atoms with Crippen LogP contribution in [0.3, 0.4) is 0 Å². The van der Waals surface area contributed by atoms with E-state index in [1.54, 1.807) is 0 Å². The summed E-state index contributed by atoms with van der Waals surface area (Å²) in [6.45, 7) is 7.43. The quantitative estimate of drug-likeness (QED) is 0.566. The smallest absolute Gasteiger partial charge is 0.236 e. The van der Waals surface area contributed by atoms with Gasteiger partial charge in [-0.05, 0) is 62.7 Å². The number of hydrogen-bond donors (Lipinski definition) is 1. The summed E-state index contributed by atoms with van der Waals surface area (Å²) in [7, 11) is 1.90. The van der Waals surface area contributed by atoms with Crippen molar-refractivity contribution in [2.45, 2.75) is 44.9 Å². The van der Waals surface area contributed by atoms with Gasteiger partial charge in [0, 0.05) is 52.9 Å². The van der Waals surface area contributed by atoms with E-state index in [-0.39, 0.29) is 0 Å². The van der Waals surface area contributed by atoms with E-state index in [1.165, 1.54) is 44.9 Å². The molecule has 4 rings (SSSR count). The molecule has 0 spiro atoms. The molecule has 0 aromatic carbocycles. The molecule has 0 aromatic heterocycles. The van der Waals surface area contributed by atoms with Crippen molar-refractivity contribution in [3.05, 3.63) is 0 Å². The highest BCUT2D eigenvalue weighted by atomic mass is 16.2. The van der Waals surface area contributed by atoms with Crippen LogP contribution in [0.2, 0.25) is 0 Å². The molecule has 0 atom stereocenters. The minimum Gasteiger partial charge on any atom is -0.356 e. The molecule has 1 amide bonds. The van der Waals surface area contributed by atoms with Crippen LogP contribution >= 0.6 is 0 Å². The third kappa shape index (κ3) is 5.15. The molecule has 0 unspecified atom stereocenters. The Bertz CT molecular complexity index is 517. The van der Waals surface area contributed by atoms with E-state index < -0.39 is 0 Å². The van der Waals surface area contributed by atoms with Gasteiger partial charge in [-0.1, -0.05) is 0 Å².